The molecule has 37 heavy (non-hydrogen) atoms. The number of ether oxygens (including phenoxy) is 1. The van der Waals surface area contributed by atoms with Crippen LogP contribution >= 0.6 is 0 Å². The summed E-state index contributed by atoms with van der Waals surface area (Å²) < 4.78 is 66.2. The highest BCUT2D eigenvalue weighted by Gasteiger charge is 2.32. The van der Waals surface area contributed by atoms with Crippen molar-refractivity contribution in [3.63, 3.8) is 0 Å². The Morgan fingerprint density at radius 1 is 0.595 bits per heavy atom. The fourth-order valence-corrected chi connectivity index (χ4v) is 6.04. The highest BCUT2D eigenvalue weighted by Crippen LogP contribution is 2.37. The van der Waals surface area contributed by atoms with Gasteiger partial charge in [-0.25, -0.2) is 22.0 Å². The molecule has 4 rings (SSSR count). The topological polar surface area (TPSA) is 9.23 Å². The van der Waals surface area contributed by atoms with E-state index in [1.165, 1.54) is 25.8 Å². The fraction of sp³-hybridized carbons (Fsp3) is 0.200. The van der Waals surface area contributed by atoms with Crippen LogP contribution in [0.5, 0.6) is 5.75 Å². The first-order chi connectivity index (χ1) is 17.4. The van der Waals surface area contributed by atoms with Crippen LogP contribution in [-0.4, -0.2) is 5.60 Å². The molecule has 0 aliphatic rings. The zero-order valence-electron chi connectivity index (χ0n) is 21.2. The second-order valence-corrected chi connectivity index (χ2v) is 11.3. The molecule has 0 aromatic heterocycles. The van der Waals surface area contributed by atoms with E-state index in [1.807, 2.05) is 0 Å². The standard InChI is InChI=1S/C24H27OS.C6HF5/c1-18-16-20(25-24(3,4)5)17-19(2)23(18)26(21-12-8-6-9-13-21)22-14-10-7-11-15-22;7-2-1-3(8)5(10)6(11)4(2)9/h6-17H,1-5H3;1H/q+1;. The minimum atomic E-state index is -2.14. The van der Waals surface area contributed by atoms with Crippen LogP contribution in [-0.2, 0) is 10.9 Å². The molecule has 4 aromatic carbocycles. The first kappa shape index (κ1) is 28.3. The average molecular weight is 532 g/mol. The van der Waals surface area contributed by atoms with Gasteiger partial charge in [0.1, 0.15) is 11.4 Å². The van der Waals surface area contributed by atoms with E-state index in [-0.39, 0.29) is 22.6 Å². The van der Waals surface area contributed by atoms with Crippen LogP contribution in [0.3, 0.4) is 0 Å². The third-order valence-corrected chi connectivity index (χ3v) is 7.62. The minimum absolute atomic E-state index is 0.0618. The number of hydrogen-bond acceptors (Lipinski definition) is 1. The molecule has 4 aromatic rings. The largest absolute Gasteiger partial charge is 0.488 e. The molecule has 0 radical (unpaired) electrons. The first-order valence-electron chi connectivity index (χ1n) is 11.5. The Balaban J connectivity index is 0.000000289. The molecular formula is C30H28F5OS+. The van der Waals surface area contributed by atoms with E-state index in [4.69, 9.17) is 4.74 Å². The Kier molecular flexibility index (Phi) is 9.02. The molecule has 7 heteroatoms. The normalized spacial score (nSPS) is 11.2. The molecule has 0 fully saturated rings. The van der Waals surface area contributed by atoms with Gasteiger partial charge in [-0.3, -0.25) is 0 Å². The molecule has 1 nitrogen and oxygen atoms in total. The summed E-state index contributed by atoms with van der Waals surface area (Å²) in [6.45, 7) is 10.7. The second kappa shape index (κ2) is 11.8. The maximum Gasteiger partial charge on any atom is 0.200 e. The molecule has 194 valence electrons. The molecule has 0 saturated heterocycles. The number of benzene rings is 4. The predicted octanol–water partition coefficient (Wildman–Crippen LogP) is 8.96. The summed E-state index contributed by atoms with van der Waals surface area (Å²) in [6.07, 6.45) is 0. The Hall–Kier alpha value is -3.32. The van der Waals surface area contributed by atoms with Crippen molar-refractivity contribution in [2.75, 3.05) is 0 Å². The molecule has 0 aliphatic heterocycles. The summed E-state index contributed by atoms with van der Waals surface area (Å²) >= 11 is 0. The molecule has 0 unspecified atom stereocenters. The number of hydrogen-bond donors (Lipinski definition) is 0. The molecule has 0 aliphatic carbocycles. The van der Waals surface area contributed by atoms with Crippen molar-refractivity contribution < 1.29 is 26.7 Å². The SMILES string of the molecule is Cc1cc(OC(C)(C)C)cc(C)c1[S+](c1ccccc1)c1ccccc1.Fc1cc(F)c(F)c(F)c1F. The van der Waals surface area contributed by atoms with Crippen molar-refractivity contribution in [2.24, 2.45) is 0 Å². The van der Waals surface area contributed by atoms with Gasteiger partial charge in [0, 0.05) is 17.2 Å². The first-order valence-corrected chi connectivity index (χ1v) is 12.7. The summed E-state index contributed by atoms with van der Waals surface area (Å²) in [5.74, 6) is -8.71. The maximum atomic E-state index is 12.0. The quantitative estimate of drug-likeness (QED) is 0.111. The van der Waals surface area contributed by atoms with Crippen molar-refractivity contribution in [2.45, 2.75) is 54.9 Å². The van der Waals surface area contributed by atoms with E-state index < -0.39 is 29.1 Å². The summed E-state index contributed by atoms with van der Waals surface area (Å²) in [7, 11) is -0.125. The van der Waals surface area contributed by atoms with Crippen molar-refractivity contribution in [1.82, 2.24) is 0 Å². The third kappa shape index (κ3) is 7.13. The number of rotatable bonds is 4. The van der Waals surface area contributed by atoms with Crippen LogP contribution in [0.25, 0.3) is 0 Å². The lowest BCUT2D eigenvalue weighted by Gasteiger charge is -2.22. The van der Waals surface area contributed by atoms with Gasteiger partial charge in [-0.2, -0.15) is 0 Å². The van der Waals surface area contributed by atoms with Crippen molar-refractivity contribution in [3.05, 3.63) is 119 Å². The summed E-state index contributed by atoms with van der Waals surface area (Å²) in [5, 5.41) is 0. The summed E-state index contributed by atoms with van der Waals surface area (Å²) in [6, 6.07) is 25.9. The summed E-state index contributed by atoms with van der Waals surface area (Å²) in [5.41, 5.74) is 2.36. The van der Waals surface area contributed by atoms with Gasteiger partial charge in [0.05, 0.1) is 10.9 Å². The molecule has 0 heterocycles. The van der Waals surface area contributed by atoms with E-state index in [0.717, 1.165) is 5.75 Å². The lowest BCUT2D eigenvalue weighted by molar-refractivity contribution is 0.130. The van der Waals surface area contributed by atoms with Crippen molar-refractivity contribution in [1.29, 1.82) is 0 Å². The number of halogens is 5. The third-order valence-electron chi connectivity index (χ3n) is 5.08. The van der Waals surface area contributed by atoms with Gasteiger partial charge in [0.15, 0.2) is 38.0 Å². The van der Waals surface area contributed by atoms with E-state index >= 15 is 0 Å². The van der Waals surface area contributed by atoms with E-state index in [1.54, 1.807) is 0 Å². The zero-order chi connectivity index (χ0) is 27.3. The van der Waals surface area contributed by atoms with Gasteiger partial charge < -0.3 is 4.74 Å². The highest BCUT2D eigenvalue weighted by molar-refractivity contribution is 7.97. The molecule has 0 saturated carbocycles. The van der Waals surface area contributed by atoms with E-state index in [9.17, 15) is 22.0 Å². The molecule has 0 spiro atoms. The zero-order valence-corrected chi connectivity index (χ0v) is 22.0. The fourth-order valence-electron chi connectivity index (χ4n) is 3.67. The lowest BCUT2D eigenvalue weighted by Crippen LogP contribution is -2.23. The van der Waals surface area contributed by atoms with E-state index in [2.05, 4.69) is 107 Å². The molecule has 0 N–H and O–H groups in total. The lowest BCUT2D eigenvalue weighted by atomic mass is 10.1. The van der Waals surface area contributed by atoms with Gasteiger partial charge in [-0.05, 0) is 71.0 Å². The Morgan fingerprint density at radius 3 is 1.38 bits per heavy atom. The highest BCUT2D eigenvalue weighted by atomic mass is 32.2. The van der Waals surface area contributed by atoms with Gasteiger partial charge in [-0.1, -0.05) is 36.4 Å². The Labute approximate surface area is 217 Å². The average Bonchev–Trinajstić information content (AvgIpc) is 2.84. The van der Waals surface area contributed by atoms with Gasteiger partial charge >= 0.3 is 0 Å². The second-order valence-electron chi connectivity index (χ2n) is 9.32. The Morgan fingerprint density at radius 2 is 1.00 bits per heavy atom. The predicted molar refractivity (Wildman–Crippen MR) is 138 cm³/mol. The van der Waals surface area contributed by atoms with E-state index in [0.29, 0.717) is 0 Å². The molecular weight excluding hydrogens is 503 g/mol. The van der Waals surface area contributed by atoms with Crippen LogP contribution in [0.15, 0.2) is 93.5 Å². The molecule has 0 bridgehead atoms. The van der Waals surface area contributed by atoms with Crippen LogP contribution in [0.4, 0.5) is 22.0 Å². The van der Waals surface area contributed by atoms with Crippen molar-refractivity contribution >= 4 is 10.9 Å². The minimum Gasteiger partial charge on any atom is -0.488 e. The monoisotopic (exact) mass is 531 g/mol. The molecule has 0 atom stereocenters. The van der Waals surface area contributed by atoms with Crippen LogP contribution < -0.4 is 4.74 Å². The van der Waals surface area contributed by atoms with Gasteiger partial charge in [0.25, 0.3) is 0 Å². The van der Waals surface area contributed by atoms with Crippen molar-refractivity contribution in [3.8, 4) is 5.75 Å². The van der Waals surface area contributed by atoms with Crippen LogP contribution in [0.2, 0.25) is 0 Å². The smallest absolute Gasteiger partial charge is 0.200 e. The van der Waals surface area contributed by atoms with Crippen LogP contribution in [0, 0.1) is 42.9 Å². The molecule has 0 amide bonds. The van der Waals surface area contributed by atoms with Gasteiger partial charge in [-0.15, -0.1) is 0 Å². The maximum absolute atomic E-state index is 12.0. The summed E-state index contributed by atoms with van der Waals surface area (Å²) in [4.78, 5) is 4.08. The Bertz CT molecular complexity index is 1260. The van der Waals surface area contributed by atoms with Crippen LogP contribution in [0.1, 0.15) is 31.9 Å². The van der Waals surface area contributed by atoms with Gasteiger partial charge in [0.2, 0.25) is 5.82 Å². The number of aryl methyl sites for hydroxylation is 2.